The van der Waals surface area contributed by atoms with Gasteiger partial charge in [0.25, 0.3) is 0 Å². The molecule has 0 atom stereocenters. The van der Waals surface area contributed by atoms with E-state index in [-0.39, 0.29) is 5.56 Å². The predicted octanol–water partition coefficient (Wildman–Crippen LogP) is 1.27. The molecule has 0 amide bonds. The third-order valence-corrected chi connectivity index (χ3v) is 1.45. The zero-order valence-electron chi connectivity index (χ0n) is 6.92. The second kappa shape index (κ2) is 3.84. The Hall–Kier alpha value is -1.65. The van der Waals surface area contributed by atoms with Gasteiger partial charge in [-0.25, -0.2) is 8.78 Å². The molecule has 1 aromatic carbocycles. The maximum absolute atomic E-state index is 13.0. The lowest BCUT2D eigenvalue weighted by Gasteiger charge is -2.03. The van der Waals surface area contributed by atoms with Crippen molar-refractivity contribution in [2.24, 2.45) is 10.9 Å². The van der Waals surface area contributed by atoms with Crippen molar-refractivity contribution in [2.75, 3.05) is 7.11 Å². The highest BCUT2D eigenvalue weighted by Crippen LogP contribution is 2.21. The average Bonchev–Trinajstić information content (AvgIpc) is 2.04. The lowest BCUT2D eigenvalue weighted by Crippen LogP contribution is -1.96. The molecule has 0 bridgehead atoms. The molecular formula is C8H8F2N2O. The zero-order chi connectivity index (χ0) is 9.84. The maximum atomic E-state index is 13.0. The molecule has 0 heterocycles. The summed E-state index contributed by atoms with van der Waals surface area (Å²) < 4.78 is 30.4. The van der Waals surface area contributed by atoms with Crippen LogP contribution < -0.4 is 10.6 Å². The molecule has 5 heteroatoms. The van der Waals surface area contributed by atoms with Crippen molar-refractivity contribution in [1.82, 2.24) is 0 Å². The maximum Gasteiger partial charge on any atom is 0.190 e. The average molecular weight is 186 g/mol. The molecule has 0 spiro atoms. The van der Waals surface area contributed by atoms with Crippen LogP contribution in [-0.4, -0.2) is 13.3 Å². The smallest absolute Gasteiger partial charge is 0.190 e. The minimum absolute atomic E-state index is 0.248. The Morgan fingerprint density at radius 3 is 2.31 bits per heavy atom. The topological polar surface area (TPSA) is 47.6 Å². The fraction of sp³-hybridized carbons (Fsp3) is 0.125. The molecular weight excluding hydrogens is 178 g/mol. The van der Waals surface area contributed by atoms with E-state index in [1.165, 1.54) is 7.11 Å². The standard InChI is InChI=1S/C8H8F2N2O/c1-13-8-6(9)2-5(4-12-11)3-7(8)10/h2-4H,11H2,1H3. The highest BCUT2D eigenvalue weighted by molar-refractivity contribution is 5.79. The van der Waals surface area contributed by atoms with Gasteiger partial charge in [0.1, 0.15) is 0 Å². The van der Waals surface area contributed by atoms with Crippen LogP contribution in [0.1, 0.15) is 5.56 Å². The van der Waals surface area contributed by atoms with Crippen molar-refractivity contribution in [1.29, 1.82) is 0 Å². The highest BCUT2D eigenvalue weighted by Gasteiger charge is 2.10. The quantitative estimate of drug-likeness (QED) is 0.429. The molecule has 70 valence electrons. The number of rotatable bonds is 2. The van der Waals surface area contributed by atoms with Crippen LogP contribution in [0.2, 0.25) is 0 Å². The number of hydrazone groups is 1. The Morgan fingerprint density at radius 1 is 1.38 bits per heavy atom. The molecule has 0 radical (unpaired) electrons. The third-order valence-electron chi connectivity index (χ3n) is 1.45. The Kier molecular flexibility index (Phi) is 2.79. The number of hydrogen-bond donors (Lipinski definition) is 1. The van der Waals surface area contributed by atoms with E-state index in [1.807, 2.05) is 0 Å². The van der Waals surface area contributed by atoms with Crippen molar-refractivity contribution in [3.8, 4) is 5.75 Å². The van der Waals surface area contributed by atoms with Gasteiger partial charge in [0.05, 0.1) is 13.3 Å². The zero-order valence-corrected chi connectivity index (χ0v) is 6.92. The predicted molar refractivity (Wildman–Crippen MR) is 44.7 cm³/mol. The van der Waals surface area contributed by atoms with Gasteiger partial charge in [-0.2, -0.15) is 5.10 Å². The lowest BCUT2D eigenvalue weighted by molar-refractivity contribution is 0.360. The SMILES string of the molecule is COc1c(F)cc(C=NN)cc1F. The van der Waals surface area contributed by atoms with Gasteiger partial charge >= 0.3 is 0 Å². The van der Waals surface area contributed by atoms with Crippen molar-refractivity contribution in [2.45, 2.75) is 0 Å². The molecule has 3 nitrogen and oxygen atoms in total. The summed E-state index contributed by atoms with van der Waals surface area (Å²) in [5.74, 6) is 2.86. The van der Waals surface area contributed by atoms with E-state index in [9.17, 15) is 8.78 Å². The Morgan fingerprint density at radius 2 is 1.92 bits per heavy atom. The van der Waals surface area contributed by atoms with E-state index in [0.717, 1.165) is 18.3 Å². The number of benzene rings is 1. The summed E-state index contributed by atoms with van der Waals surface area (Å²) in [7, 11) is 1.19. The van der Waals surface area contributed by atoms with E-state index < -0.39 is 17.4 Å². The van der Waals surface area contributed by atoms with Crippen molar-refractivity contribution in [3.63, 3.8) is 0 Å². The largest absolute Gasteiger partial charge is 0.491 e. The van der Waals surface area contributed by atoms with E-state index in [0.29, 0.717) is 0 Å². The second-order valence-corrected chi connectivity index (χ2v) is 2.30. The first-order valence-electron chi connectivity index (χ1n) is 3.45. The van der Waals surface area contributed by atoms with Crippen LogP contribution in [0.15, 0.2) is 17.2 Å². The number of nitrogens with zero attached hydrogens (tertiary/aromatic N) is 1. The van der Waals surface area contributed by atoms with Crippen molar-refractivity contribution in [3.05, 3.63) is 29.3 Å². The Balaban J connectivity index is 3.20. The van der Waals surface area contributed by atoms with Gasteiger partial charge in [-0.15, -0.1) is 0 Å². The molecule has 0 unspecified atom stereocenters. The Labute approximate surface area is 73.8 Å². The molecule has 13 heavy (non-hydrogen) atoms. The summed E-state index contributed by atoms with van der Waals surface area (Å²) >= 11 is 0. The normalized spacial score (nSPS) is 10.7. The number of ether oxygens (including phenoxy) is 1. The first kappa shape index (κ1) is 9.44. The van der Waals surface area contributed by atoms with Crippen molar-refractivity contribution < 1.29 is 13.5 Å². The van der Waals surface area contributed by atoms with Crippen LogP contribution in [0.3, 0.4) is 0 Å². The summed E-state index contributed by atoms with van der Waals surface area (Å²) in [6.07, 6.45) is 1.14. The summed E-state index contributed by atoms with van der Waals surface area (Å²) in [5.41, 5.74) is 0.248. The number of halogens is 2. The highest BCUT2D eigenvalue weighted by atomic mass is 19.1. The van der Waals surface area contributed by atoms with Gasteiger partial charge in [0.2, 0.25) is 0 Å². The summed E-state index contributed by atoms with van der Waals surface area (Å²) in [5, 5.41) is 3.14. The fourth-order valence-electron chi connectivity index (χ4n) is 0.935. The van der Waals surface area contributed by atoms with Crippen molar-refractivity contribution >= 4 is 6.21 Å². The van der Waals surface area contributed by atoms with E-state index in [4.69, 9.17) is 5.84 Å². The minimum atomic E-state index is -0.780. The minimum Gasteiger partial charge on any atom is -0.491 e. The second-order valence-electron chi connectivity index (χ2n) is 2.30. The van der Waals surface area contributed by atoms with E-state index >= 15 is 0 Å². The summed E-state index contributed by atoms with van der Waals surface area (Å²) in [6.45, 7) is 0. The first-order valence-corrected chi connectivity index (χ1v) is 3.45. The molecule has 0 aromatic heterocycles. The molecule has 0 aliphatic heterocycles. The first-order chi connectivity index (χ1) is 6.19. The molecule has 1 aromatic rings. The van der Waals surface area contributed by atoms with E-state index in [2.05, 4.69) is 9.84 Å². The lowest BCUT2D eigenvalue weighted by atomic mass is 10.2. The summed E-state index contributed by atoms with van der Waals surface area (Å²) in [4.78, 5) is 0. The molecule has 0 aliphatic carbocycles. The third kappa shape index (κ3) is 1.93. The molecule has 0 fully saturated rings. The number of methoxy groups -OCH3 is 1. The molecule has 0 saturated heterocycles. The van der Waals surface area contributed by atoms with Gasteiger partial charge in [-0.05, 0) is 12.1 Å². The molecule has 0 aliphatic rings. The molecule has 2 N–H and O–H groups in total. The van der Waals surface area contributed by atoms with Crippen LogP contribution in [0.5, 0.6) is 5.75 Å². The van der Waals surface area contributed by atoms with Gasteiger partial charge in [-0.3, -0.25) is 0 Å². The van der Waals surface area contributed by atoms with Crippen LogP contribution in [-0.2, 0) is 0 Å². The van der Waals surface area contributed by atoms with Crippen LogP contribution in [0.4, 0.5) is 8.78 Å². The van der Waals surface area contributed by atoms with Crippen LogP contribution >= 0.6 is 0 Å². The molecule has 0 saturated carbocycles. The van der Waals surface area contributed by atoms with Crippen LogP contribution in [0.25, 0.3) is 0 Å². The van der Waals surface area contributed by atoms with Crippen LogP contribution in [0, 0.1) is 11.6 Å². The number of nitrogens with two attached hydrogens (primary N) is 1. The van der Waals surface area contributed by atoms with Gasteiger partial charge < -0.3 is 10.6 Å². The fourth-order valence-corrected chi connectivity index (χ4v) is 0.935. The van der Waals surface area contributed by atoms with Gasteiger partial charge in [0, 0.05) is 5.56 Å². The number of hydrogen-bond acceptors (Lipinski definition) is 3. The van der Waals surface area contributed by atoms with Gasteiger partial charge in [-0.1, -0.05) is 0 Å². The summed E-state index contributed by atoms with van der Waals surface area (Å²) in [6, 6.07) is 2.16. The Bertz CT molecular complexity index is 316. The molecule has 1 rings (SSSR count). The van der Waals surface area contributed by atoms with E-state index in [1.54, 1.807) is 0 Å². The monoisotopic (exact) mass is 186 g/mol. The van der Waals surface area contributed by atoms with Gasteiger partial charge in [0.15, 0.2) is 17.4 Å².